The molecule has 78 valence electrons. The average molecular weight is 194 g/mol. The molecule has 0 spiro atoms. The summed E-state index contributed by atoms with van der Waals surface area (Å²) in [6.07, 6.45) is 3.74. The Morgan fingerprint density at radius 2 is 2.36 bits per heavy atom. The highest BCUT2D eigenvalue weighted by atomic mass is 16.5. The molecule has 0 saturated carbocycles. The quantitative estimate of drug-likeness (QED) is 0.786. The van der Waals surface area contributed by atoms with Crippen LogP contribution < -0.4 is 5.32 Å². The summed E-state index contributed by atoms with van der Waals surface area (Å²) >= 11 is 0. The van der Waals surface area contributed by atoms with Crippen molar-refractivity contribution in [2.45, 2.75) is 45.1 Å². The smallest absolute Gasteiger partial charge is 0.153 e. The zero-order valence-electron chi connectivity index (χ0n) is 8.92. The van der Waals surface area contributed by atoms with Gasteiger partial charge in [0.25, 0.3) is 0 Å². The second-order valence-corrected chi connectivity index (χ2v) is 4.31. The lowest BCUT2D eigenvalue weighted by molar-refractivity contribution is 0.302. The summed E-state index contributed by atoms with van der Waals surface area (Å²) in [5, 5.41) is 7.53. The normalized spacial score (nSPS) is 22.9. The van der Waals surface area contributed by atoms with Gasteiger partial charge in [0.05, 0.1) is 11.7 Å². The van der Waals surface area contributed by atoms with E-state index in [0.29, 0.717) is 12.0 Å². The Balaban J connectivity index is 2.07. The zero-order chi connectivity index (χ0) is 9.97. The molecule has 3 heteroatoms. The van der Waals surface area contributed by atoms with Crippen LogP contribution in [0.5, 0.6) is 0 Å². The van der Waals surface area contributed by atoms with E-state index in [0.717, 1.165) is 18.0 Å². The third kappa shape index (κ3) is 1.98. The Morgan fingerprint density at radius 3 is 2.93 bits per heavy atom. The minimum Gasteiger partial charge on any atom is -0.359 e. The van der Waals surface area contributed by atoms with E-state index in [1.54, 1.807) is 0 Å². The van der Waals surface area contributed by atoms with Crippen LogP contribution in [0.3, 0.4) is 0 Å². The van der Waals surface area contributed by atoms with Gasteiger partial charge < -0.3 is 9.84 Å². The first-order valence-corrected chi connectivity index (χ1v) is 5.47. The molecular weight excluding hydrogens is 176 g/mol. The highest BCUT2D eigenvalue weighted by Gasteiger charge is 2.19. The Labute approximate surface area is 84.9 Å². The molecule has 1 unspecified atom stereocenters. The SMILES string of the molecule is CC(C)c1cc(C2CCCCN2)on1. The maximum absolute atomic E-state index is 5.35. The van der Waals surface area contributed by atoms with Crippen molar-refractivity contribution in [1.29, 1.82) is 0 Å². The van der Waals surface area contributed by atoms with Crippen molar-refractivity contribution in [3.63, 3.8) is 0 Å². The summed E-state index contributed by atoms with van der Waals surface area (Å²) in [6.45, 7) is 5.37. The molecule has 0 aliphatic carbocycles. The van der Waals surface area contributed by atoms with Crippen LogP contribution in [0.15, 0.2) is 10.6 Å². The minimum absolute atomic E-state index is 0.392. The lowest BCUT2D eigenvalue weighted by Crippen LogP contribution is -2.26. The van der Waals surface area contributed by atoms with Gasteiger partial charge in [-0.2, -0.15) is 0 Å². The first-order valence-electron chi connectivity index (χ1n) is 5.47. The van der Waals surface area contributed by atoms with Crippen molar-refractivity contribution in [2.24, 2.45) is 0 Å². The van der Waals surface area contributed by atoms with Crippen LogP contribution in [0, 0.1) is 0 Å². The number of hydrogen-bond acceptors (Lipinski definition) is 3. The second-order valence-electron chi connectivity index (χ2n) is 4.31. The van der Waals surface area contributed by atoms with E-state index < -0.39 is 0 Å². The summed E-state index contributed by atoms with van der Waals surface area (Å²) in [7, 11) is 0. The molecule has 1 N–H and O–H groups in total. The molecule has 1 aromatic rings. The fraction of sp³-hybridized carbons (Fsp3) is 0.727. The van der Waals surface area contributed by atoms with Gasteiger partial charge in [0, 0.05) is 6.07 Å². The molecule has 3 nitrogen and oxygen atoms in total. The summed E-state index contributed by atoms with van der Waals surface area (Å²) in [4.78, 5) is 0. The van der Waals surface area contributed by atoms with Crippen LogP contribution in [0.25, 0.3) is 0 Å². The molecule has 1 fully saturated rings. The molecule has 1 atom stereocenters. The van der Waals surface area contributed by atoms with Crippen molar-refractivity contribution in [1.82, 2.24) is 10.5 Å². The third-order valence-corrected chi connectivity index (χ3v) is 2.79. The third-order valence-electron chi connectivity index (χ3n) is 2.79. The predicted molar refractivity (Wildman–Crippen MR) is 55.2 cm³/mol. The number of hydrogen-bond donors (Lipinski definition) is 1. The van der Waals surface area contributed by atoms with E-state index in [-0.39, 0.29) is 0 Å². The van der Waals surface area contributed by atoms with E-state index in [2.05, 4.69) is 30.4 Å². The largest absolute Gasteiger partial charge is 0.359 e. The van der Waals surface area contributed by atoms with Crippen LogP contribution >= 0.6 is 0 Å². The molecule has 2 heterocycles. The Bertz CT molecular complexity index is 287. The summed E-state index contributed by atoms with van der Waals surface area (Å²) in [5.41, 5.74) is 1.06. The predicted octanol–water partition coefficient (Wildman–Crippen LogP) is 2.61. The molecule has 2 rings (SSSR count). The Kier molecular flexibility index (Phi) is 2.87. The molecular formula is C11H18N2O. The van der Waals surface area contributed by atoms with Gasteiger partial charge in [-0.25, -0.2) is 0 Å². The van der Waals surface area contributed by atoms with E-state index in [4.69, 9.17) is 4.52 Å². The molecule has 1 aromatic heterocycles. The molecule has 0 amide bonds. The van der Waals surface area contributed by atoms with Crippen molar-refractivity contribution >= 4 is 0 Å². The summed E-state index contributed by atoms with van der Waals surface area (Å²) < 4.78 is 5.35. The van der Waals surface area contributed by atoms with Crippen LogP contribution in [0.1, 0.15) is 56.5 Å². The molecule has 14 heavy (non-hydrogen) atoms. The average Bonchev–Trinajstić information content (AvgIpc) is 2.68. The van der Waals surface area contributed by atoms with E-state index in [1.807, 2.05) is 0 Å². The van der Waals surface area contributed by atoms with Gasteiger partial charge in [0.2, 0.25) is 0 Å². The monoisotopic (exact) mass is 194 g/mol. The first-order chi connectivity index (χ1) is 6.77. The molecule has 1 saturated heterocycles. The number of nitrogens with one attached hydrogen (secondary N) is 1. The molecule has 1 aliphatic rings. The highest BCUT2D eigenvalue weighted by Crippen LogP contribution is 2.25. The van der Waals surface area contributed by atoms with Gasteiger partial charge in [-0.15, -0.1) is 0 Å². The van der Waals surface area contributed by atoms with Crippen molar-refractivity contribution in [2.75, 3.05) is 6.54 Å². The maximum atomic E-state index is 5.35. The minimum atomic E-state index is 0.392. The Morgan fingerprint density at radius 1 is 1.50 bits per heavy atom. The van der Waals surface area contributed by atoms with E-state index in [9.17, 15) is 0 Å². The van der Waals surface area contributed by atoms with Crippen molar-refractivity contribution < 1.29 is 4.52 Å². The number of piperidine rings is 1. The van der Waals surface area contributed by atoms with Gasteiger partial charge in [0.15, 0.2) is 5.76 Å². The summed E-state index contributed by atoms with van der Waals surface area (Å²) in [6, 6.07) is 2.48. The zero-order valence-corrected chi connectivity index (χ0v) is 8.92. The van der Waals surface area contributed by atoms with E-state index in [1.165, 1.54) is 19.3 Å². The van der Waals surface area contributed by atoms with Gasteiger partial charge in [-0.3, -0.25) is 0 Å². The topological polar surface area (TPSA) is 38.1 Å². The standard InChI is InChI=1S/C11H18N2O/c1-8(2)10-7-11(14-13-10)9-5-3-4-6-12-9/h7-9,12H,3-6H2,1-2H3. The second kappa shape index (κ2) is 4.13. The fourth-order valence-electron chi connectivity index (χ4n) is 1.83. The number of nitrogens with zero attached hydrogens (tertiary/aromatic N) is 1. The van der Waals surface area contributed by atoms with Crippen molar-refractivity contribution in [3.8, 4) is 0 Å². The number of rotatable bonds is 2. The van der Waals surface area contributed by atoms with Crippen LogP contribution in [0.2, 0.25) is 0 Å². The first kappa shape index (κ1) is 9.71. The van der Waals surface area contributed by atoms with Crippen LogP contribution in [0.4, 0.5) is 0 Å². The van der Waals surface area contributed by atoms with Gasteiger partial charge in [0.1, 0.15) is 0 Å². The maximum Gasteiger partial charge on any atom is 0.153 e. The highest BCUT2D eigenvalue weighted by molar-refractivity contribution is 5.12. The molecule has 0 bridgehead atoms. The molecule has 0 radical (unpaired) electrons. The van der Waals surface area contributed by atoms with Crippen molar-refractivity contribution in [3.05, 3.63) is 17.5 Å². The fourth-order valence-corrected chi connectivity index (χ4v) is 1.83. The molecule has 0 aromatic carbocycles. The van der Waals surface area contributed by atoms with E-state index >= 15 is 0 Å². The van der Waals surface area contributed by atoms with Gasteiger partial charge >= 0.3 is 0 Å². The number of aromatic nitrogens is 1. The Hall–Kier alpha value is -0.830. The lowest BCUT2D eigenvalue weighted by atomic mass is 10.0. The molecule has 1 aliphatic heterocycles. The van der Waals surface area contributed by atoms with Gasteiger partial charge in [-0.1, -0.05) is 25.4 Å². The van der Waals surface area contributed by atoms with Crippen LogP contribution in [-0.2, 0) is 0 Å². The lowest BCUT2D eigenvalue weighted by Gasteiger charge is -2.20. The van der Waals surface area contributed by atoms with Crippen LogP contribution in [-0.4, -0.2) is 11.7 Å². The van der Waals surface area contributed by atoms with Gasteiger partial charge in [-0.05, 0) is 25.3 Å². The summed E-state index contributed by atoms with van der Waals surface area (Å²) in [5.74, 6) is 1.46.